The maximum absolute atomic E-state index is 4.67. The molecule has 0 fully saturated rings. The number of hydrogen-bond acceptors (Lipinski definition) is 2. The van der Waals surface area contributed by atoms with Crippen LogP contribution in [0, 0.1) is 0 Å². The zero-order valence-corrected chi connectivity index (χ0v) is 26.0. The van der Waals surface area contributed by atoms with Crippen LogP contribution in [-0.4, -0.2) is 9.97 Å². The lowest BCUT2D eigenvalue weighted by Gasteiger charge is -2.06. The molecule has 0 aliphatic rings. The van der Waals surface area contributed by atoms with Crippen molar-refractivity contribution < 1.29 is 0 Å². The van der Waals surface area contributed by atoms with E-state index >= 15 is 0 Å². The van der Waals surface area contributed by atoms with Crippen LogP contribution in [0.3, 0.4) is 0 Å². The van der Waals surface area contributed by atoms with Crippen LogP contribution in [0.1, 0.15) is 173 Å². The average molecular weight is 535 g/mol. The molecule has 2 aromatic rings. The molecule has 0 aliphatic heterocycles. The van der Waals surface area contributed by atoms with Crippen LogP contribution in [-0.2, 0) is 12.8 Å². The van der Waals surface area contributed by atoms with Gasteiger partial charge in [-0.05, 0) is 36.8 Å². The van der Waals surface area contributed by atoms with Gasteiger partial charge in [-0.3, -0.25) is 0 Å². The largest absolute Gasteiger partial charge is 0.236 e. The third-order valence-corrected chi connectivity index (χ3v) is 8.31. The molecule has 2 heteroatoms. The smallest absolute Gasteiger partial charge is 0.159 e. The molecule has 0 aliphatic carbocycles. The summed E-state index contributed by atoms with van der Waals surface area (Å²) < 4.78 is 0. The molecule has 2 rings (SSSR count). The highest BCUT2D eigenvalue weighted by Crippen LogP contribution is 2.19. The summed E-state index contributed by atoms with van der Waals surface area (Å²) in [5.41, 5.74) is 3.85. The molecule has 0 N–H and O–H groups in total. The Morgan fingerprint density at radius 1 is 0.385 bits per heavy atom. The Kier molecular flexibility index (Phi) is 20.7. The Balaban J connectivity index is 1.48. The van der Waals surface area contributed by atoms with Crippen molar-refractivity contribution in [3.63, 3.8) is 0 Å². The maximum atomic E-state index is 4.67. The molecular formula is C37H62N2. The lowest BCUT2D eigenvalue weighted by atomic mass is 10.0. The normalized spacial score (nSPS) is 11.3. The van der Waals surface area contributed by atoms with E-state index in [-0.39, 0.29) is 0 Å². The highest BCUT2D eigenvalue weighted by molar-refractivity contribution is 5.55. The van der Waals surface area contributed by atoms with Gasteiger partial charge in [0.05, 0.1) is 0 Å². The fraction of sp³-hybridized carbons (Fsp3) is 0.730. The number of hydrogen-bond donors (Lipinski definition) is 0. The van der Waals surface area contributed by atoms with E-state index in [1.54, 1.807) is 0 Å². The fourth-order valence-corrected chi connectivity index (χ4v) is 5.62. The van der Waals surface area contributed by atoms with Gasteiger partial charge in [0.1, 0.15) is 0 Å². The van der Waals surface area contributed by atoms with E-state index in [2.05, 4.69) is 48.1 Å². The molecule has 1 heterocycles. The van der Waals surface area contributed by atoms with Crippen LogP contribution < -0.4 is 0 Å². The van der Waals surface area contributed by atoms with Gasteiger partial charge in [-0.1, -0.05) is 173 Å². The molecular weight excluding hydrogens is 472 g/mol. The molecule has 0 spiro atoms. The first kappa shape index (κ1) is 33.5. The summed E-state index contributed by atoms with van der Waals surface area (Å²) in [5.74, 6) is 0.856. The minimum atomic E-state index is 0.856. The molecule has 0 unspecified atom stereocenters. The van der Waals surface area contributed by atoms with E-state index in [0.29, 0.717) is 0 Å². The molecule has 0 saturated carbocycles. The van der Waals surface area contributed by atoms with Crippen molar-refractivity contribution in [2.45, 2.75) is 174 Å². The monoisotopic (exact) mass is 534 g/mol. The fourth-order valence-electron chi connectivity index (χ4n) is 5.62. The first-order valence-corrected chi connectivity index (χ1v) is 17.2. The van der Waals surface area contributed by atoms with E-state index < -0.39 is 0 Å². The maximum Gasteiger partial charge on any atom is 0.159 e. The Morgan fingerprint density at radius 2 is 0.718 bits per heavy atom. The standard InChI is InChI=1S/C37H62N2/c1-3-5-7-9-11-13-15-16-17-19-20-22-24-26-34-28-30-36(31-29-34)37-38-32-35(33-39-37)27-25-23-21-18-14-12-10-8-6-4-2/h28-33H,3-27H2,1-2H3. The summed E-state index contributed by atoms with van der Waals surface area (Å²) in [6.07, 6.45) is 38.6. The summed E-state index contributed by atoms with van der Waals surface area (Å²) in [5, 5.41) is 0. The molecule has 39 heavy (non-hydrogen) atoms. The van der Waals surface area contributed by atoms with E-state index in [1.807, 2.05) is 12.4 Å². The first-order chi connectivity index (χ1) is 19.3. The first-order valence-electron chi connectivity index (χ1n) is 17.2. The van der Waals surface area contributed by atoms with Gasteiger partial charge in [-0.2, -0.15) is 0 Å². The summed E-state index contributed by atoms with van der Waals surface area (Å²) >= 11 is 0. The third kappa shape index (κ3) is 17.6. The quantitative estimate of drug-likeness (QED) is 0.112. The number of aryl methyl sites for hydroxylation is 2. The van der Waals surface area contributed by atoms with Crippen LogP contribution in [0.25, 0.3) is 11.4 Å². The molecule has 0 amide bonds. The van der Waals surface area contributed by atoms with Crippen molar-refractivity contribution in [3.05, 3.63) is 47.8 Å². The number of nitrogens with zero attached hydrogens (tertiary/aromatic N) is 2. The van der Waals surface area contributed by atoms with Crippen molar-refractivity contribution in [3.8, 4) is 11.4 Å². The van der Waals surface area contributed by atoms with Crippen LogP contribution in [0.4, 0.5) is 0 Å². The number of rotatable bonds is 26. The minimum Gasteiger partial charge on any atom is -0.236 e. The molecule has 0 saturated heterocycles. The zero-order chi connectivity index (χ0) is 27.6. The predicted octanol–water partition coefficient (Wildman–Crippen LogP) is 12.2. The van der Waals surface area contributed by atoms with E-state index in [1.165, 1.54) is 165 Å². The lowest BCUT2D eigenvalue weighted by Crippen LogP contribution is -1.94. The Morgan fingerprint density at radius 3 is 1.10 bits per heavy atom. The second-order valence-electron chi connectivity index (χ2n) is 12.0. The molecule has 2 nitrogen and oxygen atoms in total. The average Bonchev–Trinajstić information content (AvgIpc) is 2.97. The minimum absolute atomic E-state index is 0.856. The van der Waals surface area contributed by atoms with Gasteiger partial charge in [0.15, 0.2) is 5.82 Å². The van der Waals surface area contributed by atoms with Crippen molar-refractivity contribution in [1.29, 1.82) is 0 Å². The topological polar surface area (TPSA) is 25.8 Å². The molecule has 1 aromatic heterocycles. The molecule has 1 aromatic carbocycles. The second kappa shape index (κ2) is 24.1. The van der Waals surface area contributed by atoms with Gasteiger partial charge in [0, 0.05) is 18.0 Å². The van der Waals surface area contributed by atoms with Crippen molar-refractivity contribution in [1.82, 2.24) is 9.97 Å². The van der Waals surface area contributed by atoms with Gasteiger partial charge in [-0.15, -0.1) is 0 Å². The Hall–Kier alpha value is -1.70. The lowest BCUT2D eigenvalue weighted by molar-refractivity contribution is 0.539. The third-order valence-electron chi connectivity index (χ3n) is 8.31. The van der Waals surface area contributed by atoms with Crippen molar-refractivity contribution in [2.75, 3.05) is 0 Å². The van der Waals surface area contributed by atoms with Gasteiger partial charge in [0.25, 0.3) is 0 Å². The van der Waals surface area contributed by atoms with Crippen molar-refractivity contribution in [2.24, 2.45) is 0 Å². The summed E-state index contributed by atoms with van der Waals surface area (Å²) in [7, 11) is 0. The molecule has 0 atom stereocenters. The predicted molar refractivity (Wildman–Crippen MR) is 172 cm³/mol. The number of benzene rings is 1. The van der Waals surface area contributed by atoms with Crippen LogP contribution >= 0.6 is 0 Å². The highest BCUT2D eigenvalue weighted by atomic mass is 14.9. The van der Waals surface area contributed by atoms with Gasteiger partial charge < -0.3 is 0 Å². The van der Waals surface area contributed by atoms with Crippen molar-refractivity contribution >= 4 is 0 Å². The SMILES string of the molecule is CCCCCCCCCCCCCCCc1ccc(-c2ncc(CCCCCCCCCCCC)cn2)cc1. The van der Waals surface area contributed by atoms with Crippen LogP contribution in [0.5, 0.6) is 0 Å². The van der Waals surface area contributed by atoms with E-state index in [0.717, 1.165) is 17.8 Å². The Labute approximate surface area is 243 Å². The van der Waals surface area contributed by atoms with Gasteiger partial charge in [-0.25, -0.2) is 9.97 Å². The summed E-state index contributed by atoms with van der Waals surface area (Å²) in [6, 6.07) is 8.96. The summed E-state index contributed by atoms with van der Waals surface area (Å²) in [4.78, 5) is 9.34. The Bertz CT molecular complexity index is 780. The molecule has 0 bridgehead atoms. The van der Waals surface area contributed by atoms with Crippen LogP contribution in [0.2, 0.25) is 0 Å². The number of aromatic nitrogens is 2. The van der Waals surface area contributed by atoms with E-state index in [9.17, 15) is 0 Å². The number of unbranched alkanes of at least 4 members (excludes halogenated alkanes) is 21. The zero-order valence-electron chi connectivity index (χ0n) is 26.0. The van der Waals surface area contributed by atoms with Gasteiger partial charge >= 0.3 is 0 Å². The van der Waals surface area contributed by atoms with Crippen LogP contribution in [0.15, 0.2) is 36.7 Å². The summed E-state index contributed by atoms with van der Waals surface area (Å²) in [6.45, 7) is 4.58. The molecule has 0 radical (unpaired) electrons. The highest BCUT2D eigenvalue weighted by Gasteiger charge is 2.03. The van der Waals surface area contributed by atoms with E-state index in [4.69, 9.17) is 0 Å². The molecule has 220 valence electrons. The second-order valence-corrected chi connectivity index (χ2v) is 12.0. The van der Waals surface area contributed by atoms with Gasteiger partial charge in [0.2, 0.25) is 0 Å².